The van der Waals surface area contributed by atoms with Gasteiger partial charge in [-0.3, -0.25) is 19.1 Å². The summed E-state index contributed by atoms with van der Waals surface area (Å²) in [5, 5.41) is 18.3. The van der Waals surface area contributed by atoms with Gasteiger partial charge in [0.2, 0.25) is 0 Å². The molecule has 206 valence electrons. The van der Waals surface area contributed by atoms with Gasteiger partial charge in [0.15, 0.2) is 17.3 Å². The number of hydrogen-bond donors (Lipinski definition) is 1. The molecule has 1 aromatic carbocycles. The number of hydrogen-bond acceptors (Lipinski definition) is 7. The standard InChI is InChI=1S/C24H25F4N9O2/c1-14-10-37(33-30-14)19-4-5-20(39-3)21(25)17(19)9-29-23(38)18-13-35(32-22(18)24(26,27)28)11-15-8-16-12-34(2)6-7-36(16)31-15/h4-5,8,10,13H,6-7,9,11-12H2,1-3H3,(H,29,38). The van der Waals surface area contributed by atoms with E-state index in [4.69, 9.17) is 4.74 Å². The smallest absolute Gasteiger partial charge is 0.435 e. The Kier molecular flexibility index (Phi) is 6.84. The lowest BCUT2D eigenvalue weighted by Crippen LogP contribution is -2.30. The van der Waals surface area contributed by atoms with Crippen molar-refractivity contribution in [2.45, 2.75) is 39.3 Å². The molecule has 15 heteroatoms. The minimum atomic E-state index is -4.89. The number of nitrogens with one attached hydrogen (secondary N) is 1. The van der Waals surface area contributed by atoms with Crippen molar-refractivity contribution in [3.8, 4) is 11.4 Å². The molecule has 5 rings (SSSR count). The number of fused-ring (bicyclic) bond motifs is 1. The fourth-order valence-electron chi connectivity index (χ4n) is 4.44. The first-order chi connectivity index (χ1) is 18.5. The van der Waals surface area contributed by atoms with E-state index >= 15 is 4.39 Å². The van der Waals surface area contributed by atoms with E-state index in [0.29, 0.717) is 24.5 Å². The molecule has 0 spiro atoms. The van der Waals surface area contributed by atoms with Crippen LogP contribution in [0, 0.1) is 12.7 Å². The number of carbonyl (C=O) groups is 1. The van der Waals surface area contributed by atoms with Gasteiger partial charge in [0.25, 0.3) is 5.91 Å². The highest BCUT2D eigenvalue weighted by Gasteiger charge is 2.39. The molecule has 0 fully saturated rings. The molecule has 0 saturated carbocycles. The van der Waals surface area contributed by atoms with Crippen molar-refractivity contribution in [1.82, 2.24) is 44.8 Å². The predicted octanol–water partition coefficient (Wildman–Crippen LogP) is 2.56. The number of carbonyl (C=O) groups excluding carboxylic acids is 1. The Balaban J connectivity index is 1.40. The number of aryl methyl sites for hydroxylation is 1. The minimum Gasteiger partial charge on any atom is -0.494 e. The molecule has 1 amide bonds. The number of likely N-dealkylation sites (N-methyl/N-ethyl adjacent to an activating group) is 1. The summed E-state index contributed by atoms with van der Waals surface area (Å²) in [4.78, 5) is 15.1. The van der Waals surface area contributed by atoms with Gasteiger partial charge in [0.05, 0.1) is 54.7 Å². The van der Waals surface area contributed by atoms with Gasteiger partial charge in [-0.1, -0.05) is 5.21 Å². The number of amides is 1. The van der Waals surface area contributed by atoms with E-state index in [1.807, 2.05) is 17.8 Å². The van der Waals surface area contributed by atoms with E-state index in [-0.39, 0.29) is 23.5 Å². The average Bonchev–Trinajstić information content (AvgIpc) is 3.60. The number of ether oxygens (including phenoxy) is 1. The summed E-state index contributed by atoms with van der Waals surface area (Å²) in [5.74, 6) is -1.95. The molecule has 0 aliphatic carbocycles. The molecule has 4 heterocycles. The maximum atomic E-state index is 15.2. The first kappa shape index (κ1) is 26.3. The molecule has 4 aromatic rings. The largest absolute Gasteiger partial charge is 0.494 e. The zero-order valence-electron chi connectivity index (χ0n) is 21.3. The highest BCUT2D eigenvalue weighted by molar-refractivity contribution is 5.95. The quantitative estimate of drug-likeness (QED) is 0.355. The van der Waals surface area contributed by atoms with Gasteiger partial charge in [-0.2, -0.15) is 23.4 Å². The van der Waals surface area contributed by atoms with Crippen LogP contribution in [0.1, 0.15) is 38.7 Å². The second kappa shape index (κ2) is 10.1. The summed E-state index contributed by atoms with van der Waals surface area (Å²) in [6.07, 6.45) is -2.32. The summed E-state index contributed by atoms with van der Waals surface area (Å²) < 4.78 is 65.8. The second-order valence-electron chi connectivity index (χ2n) is 9.24. The molecule has 1 aliphatic rings. The van der Waals surface area contributed by atoms with E-state index in [1.54, 1.807) is 13.1 Å². The highest BCUT2D eigenvalue weighted by atomic mass is 19.4. The third-order valence-electron chi connectivity index (χ3n) is 6.32. The average molecular weight is 548 g/mol. The predicted molar refractivity (Wildman–Crippen MR) is 129 cm³/mol. The number of halogens is 4. The van der Waals surface area contributed by atoms with Crippen molar-refractivity contribution < 1.29 is 27.1 Å². The van der Waals surface area contributed by atoms with Crippen LogP contribution < -0.4 is 10.1 Å². The maximum Gasteiger partial charge on any atom is 0.435 e. The number of aromatic nitrogens is 7. The third-order valence-corrected chi connectivity index (χ3v) is 6.32. The monoisotopic (exact) mass is 547 g/mol. The van der Waals surface area contributed by atoms with Crippen LogP contribution in [0.4, 0.5) is 17.6 Å². The molecule has 1 aliphatic heterocycles. The molecule has 0 bridgehead atoms. The summed E-state index contributed by atoms with van der Waals surface area (Å²) in [7, 11) is 3.25. The Hall–Kier alpha value is -4.27. The molecular weight excluding hydrogens is 522 g/mol. The van der Waals surface area contributed by atoms with Gasteiger partial charge in [0, 0.05) is 31.4 Å². The second-order valence-corrected chi connectivity index (χ2v) is 9.24. The van der Waals surface area contributed by atoms with Crippen LogP contribution >= 0.6 is 0 Å². The van der Waals surface area contributed by atoms with Crippen molar-refractivity contribution in [3.05, 3.63) is 70.3 Å². The van der Waals surface area contributed by atoms with Crippen LogP contribution in [0.25, 0.3) is 5.69 Å². The first-order valence-corrected chi connectivity index (χ1v) is 11.9. The van der Waals surface area contributed by atoms with E-state index in [1.165, 1.54) is 23.9 Å². The number of nitrogens with zero attached hydrogens (tertiary/aromatic N) is 8. The van der Waals surface area contributed by atoms with E-state index in [0.717, 1.165) is 23.1 Å². The number of methoxy groups -OCH3 is 1. The van der Waals surface area contributed by atoms with Crippen LogP contribution in [0.5, 0.6) is 5.75 Å². The van der Waals surface area contributed by atoms with Gasteiger partial charge in [-0.05, 0) is 32.2 Å². The topological polar surface area (TPSA) is 108 Å². The van der Waals surface area contributed by atoms with Crippen LogP contribution in [0.15, 0.2) is 30.6 Å². The molecule has 0 atom stereocenters. The lowest BCUT2D eigenvalue weighted by Gasteiger charge is -2.22. The van der Waals surface area contributed by atoms with E-state index in [9.17, 15) is 18.0 Å². The van der Waals surface area contributed by atoms with Gasteiger partial charge in [0.1, 0.15) is 0 Å². The van der Waals surface area contributed by atoms with Crippen LogP contribution in [0.2, 0.25) is 0 Å². The zero-order chi connectivity index (χ0) is 27.9. The van der Waals surface area contributed by atoms with Gasteiger partial charge in [-0.15, -0.1) is 5.10 Å². The maximum absolute atomic E-state index is 15.2. The van der Waals surface area contributed by atoms with Crippen LogP contribution in [-0.4, -0.2) is 66.1 Å². The lowest BCUT2D eigenvalue weighted by molar-refractivity contribution is -0.141. The van der Waals surface area contributed by atoms with Crippen LogP contribution in [0.3, 0.4) is 0 Å². The third kappa shape index (κ3) is 5.34. The van der Waals surface area contributed by atoms with E-state index < -0.39 is 35.7 Å². The molecule has 11 nitrogen and oxygen atoms in total. The summed E-state index contributed by atoms with van der Waals surface area (Å²) in [6, 6.07) is 4.70. The Morgan fingerprint density at radius 3 is 2.67 bits per heavy atom. The Morgan fingerprint density at radius 2 is 1.97 bits per heavy atom. The molecule has 0 saturated heterocycles. The lowest BCUT2D eigenvalue weighted by atomic mass is 10.1. The number of alkyl halides is 3. The Labute approximate surface area is 220 Å². The van der Waals surface area contributed by atoms with Gasteiger partial charge >= 0.3 is 6.18 Å². The summed E-state index contributed by atoms with van der Waals surface area (Å²) in [6.45, 7) is 3.34. The fraction of sp³-hybridized carbons (Fsp3) is 0.375. The van der Waals surface area contributed by atoms with Crippen molar-refractivity contribution in [3.63, 3.8) is 0 Å². The molecule has 1 N–H and O–H groups in total. The minimum absolute atomic E-state index is 0.0397. The van der Waals surface area contributed by atoms with Gasteiger partial charge in [-0.25, -0.2) is 9.07 Å². The van der Waals surface area contributed by atoms with E-state index in [2.05, 4.69) is 30.7 Å². The summed E-state index contributed by atoms with van der Waals surface area (Å²) in [5.41, 5.74) is 0.203. The van der Waals surface area contributed by atoms with Crippen molar-refractivity contribution in [1.29, 1.82) is 0 Å². The highest BCUT2D eigenvalue weighted by Crippen LogP contribution is 2.31. The Bertz CT molecular complexity index is 1520. The molecule has 0 radical (unpaired) electrons. The summed E-state index contributed by atoms with van der Waals surface area (Å²) >= 11 is 0. The van der Waals surface area contributed by atoms with Crippen molar-refractivity contribution >= 4 is 5.91 Å². The normalized spacial score (nSPS) is 13.9. The first-order valence-electron chi connectivity index (χ1n) is 11.9. The molecular formula is C24H25F4N9O2. The Morgan fingerprint density at radius 1 is 1.18 bits per heavy atom. The van der Waals surface area contributed by atoms with Crippen molar-refractivity contribution in [2.75, 3.05) is 20.7 Å². The number of rotatable bonds is 7. The van der Waals surface area contributed by atoms with Crippen molar-refractivity contribution in [2.24, 2.45) is 0 Å². The SMILES string of the molecule is COc1ccc(-n2cc(C)nn2)c(CNC(=O)c2cn(Cc3cc4n(n3)CCN(C)C4)nc2C(F)(F)F)c1F. The molecule has 3 aromatic heterocycles. The van der Waals surface area contributed by atoms with Crippen LogP contribution in [-0.2, 0) is 32.4 Å². The molecule has 39 heavy (non-hydrogen) atoms. The van der Waals surface area contributed by atoms with Gasteiger partial charge < -0.3 is 10.1 Å². The fourth-order valence-corrected chi connectivity index (χ4v) is 4.44. The molecule has 0 unspecified atom stereocenters. The number of benzene rings is 1. The zero-order valence-corrected chi connectivity index (χ0v) is 21.3.